The van der Waals surface area contributed by atoms with E-state index in [1.807, 2.05) is 18.2 Å². The van der Waals surface area contributed by atoms with Gasteiger partial charge in [-0.05, 0) is 64.2 Å². The lowest BCUT2D eigenvalue weighted by Crippen LogP contribution is -2.64. The number of esters is 2. The summed E-state index contributed by atoms with van der Waals surface area (Å²) in [6.45, 7) is 2.57. The van der Waals surface area contributed by atoms with E-state index in [9.17, 15) is 63.7 Å². The predicted octanol–water partition coefficient (Wildman–Crippen LogP) is 6.38. The number of nitrogens with two attached hydrogens (primary N) is 1. The van der Waals surface area contributed by atoms with Crippen LogP contribution in [0.1, 0.15) is 142 Å². The SMILES string of the molecule is CCCCC/C=C\C\C=C/C=C/C=C/[C@@H](SC[C@H](N)C(=O)OC[C@H](COP(=O)(O)O[C@H]1[C@H](O)[C@@H](O)[C@H](O)[C@@H](O)[C@H]1OP(=O)(O)O)OC(=O)CCCCCCC/C=C\CCCCCC)[C@@H](O)CCCC(=O)O. The molecule has 0 saturated heterocycles. The summed E-state index contributed by atoms with van der Waals surface area (Å²) in [6, 6.07) is -1.31. The molecule has 1 aliphatic rings. The fraction of sp³-hybridized carbons (Fsp3) is 0.729. The minimum atomic E-state index is -5.51. The van der Waals surface area contributed by atoms with E-state index in [1.165, 1.54) is 38.5 Å². The summed E-state index contributed by atoms with van der Waals surface area (Å²) in [5, 5.41) is 60.5. The van der Waals surface area contributed by atoms with Crippen molar-refractivity contribution >= 4 is 45.3 Å². The van der Waals surface area contributed by atoms with Crippen LogP contribution in [0.25, 0.3) is 0 Å². The first-order valence-electron chi connectivity index (χ1n) is 24.8. The first-order valence-corrected chi connectivity index (χ1v) is 28.8. The van der Waals surface area contributed by atoms with E-state index < -0.39 is 107 Å². The maximum Gasteiger partial charge on any atom is 0.472 e. The molecule has 1 aliphatic carbocycles. The van der Waals surface area contributed by atoms with Crippen LogP contribution >= 0.6 is 27.4 Å². The first-order chi connectivity index (χ1) is 33.7. The predicted molar refractivity (Wildman–Crippen MR) is 270 cm³/mol. The second kappa shape index (κ2) is 38.9. The molecule has 11 atom stereocenters. The summed E-state index contributed by atoms with van der Waals surface area (Å²) in [5.41, 5.74) is 6.17. The Hall–Kier alpha value is -2.56. The molecule has 0 aromatic rings. The van der Waals surface area contributed by atoms with Gasteiger partial charge in [-0.3, -0.25) is 28.0 Å². The van der Waals surface area contributed by atoms with Crippen LogP contribution in [0.4, 0.5) is 0 Å². The molecule has 0 aromatic heterocycles. The number of thioether (sulfide) groups is 1. The quantitative estimate of drug-likeness (QED) is 0.0104. The molecule has 0 radical (unpaired) electrons. The number of carbonyl (C=O) groups excluding carboxylic acids is 2. The second-order valence-electron chi connectivity index (χ2n) is 17.4. The molecular weight excluding hydrogens is 989 g/mol. The van der Waals surface area contributed by atoms with Gasteiger partial charge in [-0.15, -0.1) is 11.8 Å². The number of hydrogen-bond donors (Lipinski definition) is 10. The molecule has 1 saturated carbocycles. The van der Waals surface area contributed by atoms with Gasteiger partial charge in [0.15, 0.2) is 6.10 Å². The minimum absolute atomic E-state index is 0.0783. The Morgan fingerprint density at radius 2 is 1.21 bits per heavy atom. The fourth-order valence-electron chi connectivity index (χ4n) is 7.04. The number of aliphatic hydroxyl groups is 5. The normalized spacial score (nSPS) is 22.6. The maximum absolute atomic E-state index is 13.2. The van der Waals surface area contributed by atoms with Crippen LogP contribution in [-0.4, -0.2) is 142 Å². The number of phosphoric acid groups is 2. The van der Waals surface area contributed by atoms with Gasteiger partial charge >= 0.3 is 33.6 Å². The van der Waals surface area contributed by atoms with Crippen molar-refractivity contribution in [3.8, 4) is 0 Å². The Kier molecular flexibility index (Phi) is 36.4. The van der Waals surface area contributed by atoms with Gasteiger partial charge in [0.1, 0.15) is 49.3 Å². The molecule has 0 aliphatic heterocycles. The van der Waals surface area contributed by atoms with E-state index in [-0.39, 0.29) is 31.4 Å². The lowest BCUT2D eigenvalue weighted by molar-refractivity contribution is -0.216. The summed E-state index contributed by atoms with van der Waals surface area (Å²) < 4.78 is 49.9. The third-order valence-corrected chi connectivity index (χ3v) is 14.0. The Morgan fingerprint density at radius 3 is 1.83 bits per heavy atom. The number of allylic oxidation sites excluding steroid dienone is 9. The number of rotatable bonds is 41. The molecule has 23 heteroatoms. The number of hydrogen-bond acceptors (Lipinski definition) is 17. The number of carbonyl (C=O) groups is 3. The third-order valence-electron chi connectivity index (χ3n) is 11.1. The van der Waals surface area contributed by atoms with E-state index in [0.717, 1.165) is 63.1 Å². The molecule has 0 aromatic carbocycles. The van der Waals surface area contributed by atoms with Crippen LogP contribution in [0, 0.1) is 0 Å². The lowest BCUT2D eigenvalue weighted by Gasteiger charge is -2.43. The van der Waals surface area contributed by atoms with Crippen LogP contribution in [0.2, 0.25) is 0 Å². The Morgan fingerprint density at radius 1 is 0.662 bits per heavy atom. The molecule has 0 amide bonds. The number of phosphoric ester groups is 2. The second-order valence-corrected chi connectivity index (χ2v) is 21.2. The van der Waals surface area contributed by atoms with E-state index in [1.54, 1.807) is 18.2 Å². The van der Waals surface area contributed by atoms with E-state index in [0.29, 0.717) is 12.8 Å². The van der Waals surface area contributed by atoms with Gasteiger partial charge in [-0.1, -0.05) is 126 Å². The lowest BCUT2D eigenvalue weighted by atomic mass is 9.85. The number of aliphatic carboxylic acids is 1. The molecule has 20 nitrogen and oxygen atoms in total. The number of ether oxygens (including phenoxy) is 2. The highest BCUT2D eigenvalue weighted by Gasteiger charge is 2.54. The Balaban J connectivity index is 3.03. The average Bonchev–Trinajstić information content (AvgIpc) is 3.31. The third kappa shape index (κ3) is 32.4. The van der Waals surface area contributed by atoms with Gasteiger partial charge in [-0.2, -0.15) is 0 Å². The molecule has 410 valence electrons. The van der Waals surface area contributed by atoms with Crippen LogP contribution in [0.15, 0.2) is 60.8 Å². The minimum Gasteiger partial charge on any atom is -0.481 e. The van der Waals surface area contributed by atoms with Crippen molar-refractivity contribution in [1.82, 2.24) is 0 Å². The molecule has 1 rings (SSSR count). The van der Waals surface area contributed by atoms with Gasteiger partial charge in [0.05, 0.1) is 12.7 Å². The smallest absolute Gasteiger partial charge is 0.472 e. The van der Waals surface area contributed by atoms with Crippen molar-refractivity contribution in [2.75, 3.05) is 19.0 Å². The van der Waals surface area contributed by atoms with Crippen molar-refractivity contribution in [3.05, 3.63) is 60.8 Å². The van der Waals surface area contributed by atoms with Crippen molar-refractivity contribution in [1.29, 1.82) is 0 Å². The zero-order valence-electron chi connectivity index (χ0n) is 41.3. The molecular formula is C48H83NO19P2S. The van der Waals surface area contributed by atoms with E-state index >= 15 is 0 Å². The topological polar surface area (TPSA) is 340 Å². The van der Waals surface area contributed by atoms with E-state index in [2.05, 4.69) is 42.7 Å². The van der Waals surface area contributed by atoms with Crippen molar-refractivity contribution in [2.45, 2.75) is 202 Å². The van der Waals surface area contributed by atoms with Gasteiger partial charge in [-0.25, -0.2) is 9.13 Å². The largest absolute Gasteiger partial charge is 0.481 e. The Bertz CT molecular complexity index is 1730. The van der Waals surface area contributed by atoms with Gasteiger partial charge < -0.3 is 60.5 Å². The standard InChI is InChI=1S/C48H83NO19P2S/c1-3-5-7-9-11-13-15-17-19-21-23-25-27-32-41(53)66-36(34-65-70(62,63)68-47-45(57)43(55)42(54)44(56)46(47)67-69(59,60)61)33-64-48(58)37(49)35-71-39(38(50)29-28-31-40(51)52)30-26-24-22-20-18-16-14-12-10-8-6-4-2/h12-15,18,20,22,24,26,30,36-39,42-47,50,54-57H,3-11,16-17,19,21,23,25,27-29,31-35,49H2,1-2H3,(H,51,52)(H,62,63)(H2,59,60,61)/b14-12-,15-13-,20-18-,24-22+,30-26+/t36-,37+,38+,39-,42+,43+,44-,45-,46-,47+/m1/s1. The monoisotopic (exact) mass is 1070 g/mol. The molecule has 1 fully saturated rings. The Labute approximate surface area is 423 Å². The van der Waals surface area contributed by atoms with Crippen molar-refractivity contribution in [2.24, 2.45) is 5.73 Å². The molecule has 0 heterocycles. The molecule has 0 bridgehead atoms. The molecule has 1 unspecified atom stereocenters. The molecule has 0 spiro atoms. The van der Waals surface area contributed by atoms with Gasteiger partial charge in [0, 0.05) is 23.8 Å². The zero-order chi connectivity index (χ0) is 53.1. The van der Waals surface area contributed by atoms with Gasteiger partial charge in [0.25, 0.3) is 0 Å². The summed E-state index contributed by atoms with van der Waals surface area (Å²) in [4.78, 5) is 66.6. The number of aliphatic hydroxyl groups excluding tert-OH is 5. The summed E-state index contributed by atoms with van der Waals surface area (Å²) in [7, 11) is -11.0. The highest BCUT2D eigenvalue weighted by atomic mass is 32.2. The van der Waals surface area contributed by atoms with Crippen molar-refractivity contribution in [3.63, 3.8) is 0 Å². The van der Waals surface area contributed by atoms with Crippen LogP contribution in [-0.2, 0) is 46.6 Å². The molecule has 11 N–H and O–H groups in total. The van der Waals surface area contributed by atoms with E-state index in [4.69, 9.17) is 29.4 Å². The van der Waals surface area contributed by atoms with Crippen LogP contribution < -0.4 is 5.73 Å². The number of carboxylic acid groups (broad SMARTS) is 1. The number of unbranched alkanes of at least 4 members (excludes halogenated alkanes) is 12. The van der Waals surface area contributed by atoms with Crippen LogP contribution in [0.3, 0.4) is 0 Å². The summed E-state index contributed by atoms with van der Waals surface area (Å²) in [6.07, 6.45) is 19.2. The fourth-order valence-corrected chi connectivity index (χ4v) is 9.70. The van der Waals surface area contributed by atoms with Crippen molar-refractivity contribution < 1.29 is 91.9 Å². The summed E-state index contributed by atoms with van der Waals surface area (Å²) >= 11 is 1.11. The van der Waals surface area contributed by atoms with Gasteiger partial charge in [0.2, 0.25) is 0 Å². The maximum atomic E-state index is 13.2. The highest BCUT2D eigenvalue weighted by Crippen LogP contribution is 2.50. The zero-order valence-corrected chi connectivity index (χ0v) is 43.9. The highest BCUT2D eigenvalue weighted by molar-refractivity contribution is 8.00. The number of carboxylic acids is 1. The average molecular weight is 1070 g/mol. The first kappa shape index (κ1) is 66.5. The summed E-state index contributed by atoms with van der Waals surface area (Å²) in [5.74, 6) is -2.89. The molecule has 71 heavy (non-hydrogen) atoms. The van der Waals surface area contributed by atoms with Crippen LogP contribution in [0.5, 0.6) is 0 Å².